The Morgan fingerprint density at radius 2 is 1.69 bits per heavy atom. The number of rotatable bonds is 11. The number of amides is 4. The predicted molar refractivity (Wildman–Crippen MR) is 137 cm³/mol. The second-order valence-corrected chi connectivity index (χ2v) is 8.73. The SMILES string of the molecule is CCCCCCCCOc1ccc(Cl)cc1/C=C1/C(=O)NC(=O)N(c2ccc(C(=O)OC)cc2)C1=O. The molecule has 3 rings (SSSR count). The highest BCUT2D eigenvalue weighted by atomic mass is 35.5. The van der Waals surface area contributed by atoms with Crippen molar-refractivity contribution in [1.82, 2.24) is 5.32 Å². The number of carbonyl (C=O) groups is 4. The number of imide groups is 2. The van der Waals surface area contributed by atoms with E-state index in [1.165, 1.54) is 56.7 Å². The van der Waals surface area contributed by atoms with E-state index in [4.69, 9.17) is 16.3 Å². The molecule has 0 bridgehead atoms. The van der Waals surface area contributed by atoms with Gasteiger partial charge in [-0.3, -0.25) is 14.9 Å². The maximum absolute atomic E-state index is 13.2. The summed E-state index contributed by atoms with van der Waals surface area (Å²) >= 11 is 6.17. The van der Waals surface area contributed by atoms with Crippen LogP contribution in [0.5, 0.6) is 5.75 Å². The Labute approximate surface area is 215 Å². The predicted octanol–water partition coefficient (Wildman–Crippen LogP) is 5.53. The van der Waals surface area contributed by atoms with E-state index in [0.29, 0.717) is 22.9 Å². The molecule has 36 heavy (non-hydrogen) atoms. The van der Waals surface area contributed by atoms with Crippen LogP contribution in [0.25, 0.3) is 6.08 Å². The molecule has 9 heteroatoms. The monoisotopic (exact) mass is 512 g/mol. The van der Waals surface area contributed by atoms with Crippen molar-refractivity contribution < 1.29 is 28.7 Å². The van der Waals surface area contributed by atoms with Crippen molar-refractivity contribution in [2.24, 2.45) is 0 Å². The van der Waals surface area contributed by atoms with Crippen LogP contribution >= 0.6 is 11.6 Å². The van der Waals surface area contributed by atoms with Crippen LogP contribution in [0.3, 0.4) is 0 Å². The van der Waals surface area contributed by atoms with Crippen LogP contribution in [0, 0.1) is 0 Å². The summed E-state index contributed by atoms with van der Waals surface area (Å²) in [6, 6.07) is 9.75. The fraction of sp³-hybridized carbons (Fsp3) is 0.333. The molecule has 0 radical (unpaired) electrons. The Hall–Kier alpha value is -3.65. The fourth-order valence-electron chi connectivity index (χ4n) is 3.74. The van der Waals surface area contributed by atoms with Crippen molar-refractivity contribution >= 4 is 47.2 Å². The first-order chi connectivity index (χ1) is 17.3. The molecule has 0 aliphatic carbocycles. The number of ether oxygens (including phenoxy) is 2. The lowest BCUT2D eigenvalue weighted by Crippen LogP contribution is -2.54. The van der Waals surface area contributed by atoms with Gasteiger partial charge in [0.05, 0.1) is 25.0 Å². The van der Waals surface area contributed by atoms with Gasteiger partial charge in [-0.05, 0) is 55.0 Å². The van der Waals surface area contributed by atoms with Crippen LogP contribution in [0.4, 0.5) is 10.5 Å². The van der Waals surface area contributed by atoms with Crippen LogP contribution < -0.4 is 15.0 Å². The quantitative estimate of drug-likeness (QED) is 0.184. The van der Waals surface area contributed by atoms with E-state index in [0.717, 1.165) is 24.2 Å². The zero-order chi connectivity index (χ0) is 26.1. The first-order valence-corrected chi connectivity index (χ1v) is 12.3. The molecule has 190 valence electrons. The smallest absolute Gasteiger partial charge is 0.337 e. The Bertz CT molecular complexity index is 1160. The Balaban J connectivity index is 1.81. The minimum absolute atomic E-state index is 0.189. The second kappa shape index (κ2) is 12.9. The summed E-state index contributed by atoms with van der Waals surface area (Å²) in [7, 11) is 1.25. The molecule has 8 nitrogen and oxygen atoms in total. The van der Waals surface area contributed by atoms with E-state index >= 15 is 0 Å². The number of esters is 1. The lowest BCUT2D eigenvalue weighted by molar-refractivity contribution is -0.122. The Morgan fingerprint density at radius 1 is 1.00 bits per heavy atom. The molecule has 0 atom stereocenters. The van der Waals surface area contributed by atoms with Crippen LogP contribution in [-0.4, -0.2) is 37.5 Å². The molecule has 4 amide bonds. The van der Waals surface area contributed by atoms with Gasteiger partial charge in [-0.2, -0.15) is 0 Å². The highest BCUT2D eigenvalue weighted by Crippen LogP contribution is 2.28. The molecule has 2 aromatic carbocycles. The number of methoxy groups -OCH3 is 1. The van der Waals surface area contributed by atoms with Crippen LogP contribution in [0.2, 0.25) is 5.02 Å². The first-order valence-electron chi connectivity index (χ1n) is 11.9. The average Bonchev–Trinajstić information content (AvgIpc) is 2.86. The molecular formula is C27H29ClN2O6. The van der Waals surface area contributed by atoms with Crippen molar-refractivity contribution in [2.75, 3.05) is 18.6 Å². The zero-order valence-electron chi connectivity index (χ0n) is 20.3. The highest BCUT2D eigenvalue weighted by molar-refractivity contribution is 6.39. The third kappa shape index (κ3) is 6.73. The number of halogens is 1. The summed E-state index contributed by atoms with van der Waals surface area (Å²) in [4.78, 5) is 50.8. The minimum Gasteiger partial charge on any atom is -0.493 e. The lowest BCUT2D eigenvalue weighted by atomic mass is 10.1. The number of anilines is 1. The van der Waals surface area contributed by atoms with Gasteiger partial charge in [0.2, 0.25) is 0 Å². The van der Waals surface area contributed by atoms with E-state index in [2.05, 4.69) is 17.0 Å². The summed E-state index contributed by atoms with van der Waals surface area (Å²) in [5, 5.41) is 2.59. The third-order valence-electron chi connectivity index (χ3n) is 5.68. The van der Waals surface area contributed by atoms with Gasteiger partial charge < -0.3 is 9.47 Å². The maximum atomic E-state index is 13.2. The molecule has 0 unspecified atom stereocenters. The van der Waals surface area contributed by atoms with Gasteiger partial charge in [-0.15, -0.1) is 0 Å². The van der Waals surface area contributed by atoms with E-state index in [-0.39, 0.29) is 16.8 Å². The summed E-state index contributed by atoms with van der Waals surface area (Å²) < 4.78 is 10.6. The van der Waals surface area contributed by atoms with Crippen molar-refractivity contribution in [3.8, 4) is 5.75 Å². The van der Waals surface area contributed by atoms with E-state index in [9.17, 15) is 19.2 Å². The van der Waals surface area contributed by atoms with Gasteiger partial charge in [-0.1, -0.05) is 50.6 Å². The van der Waals surface area contributed by atoms with Gasteiger partial charge in [0.25, 0.3) is 11.8 Å². The van der Waals surface area contributed by atoms with Crippen LogP contribution in [0.1, 0.15) is 61.4 Å². The molecule has 1 heterocycles. The first kappa shape index (κ1) is 26.9. The standard InChI is InChI=1S/C27H29ClN2O6/c1-3-4-5-6-7-8-15-36-23-14-11-20(28)16-19(23)17-22-24(31)29-27(34)30(25(22)32)21-12-9-18(10-13-21)26(33)35-2/h9-14,16-17H,3-8,15H2,1-2H3,(H,29,31,34)/b22-17-. The summed E-state index contributed by atoms with van der Waals surface area (Å²) in [5.41, 5.74) is 0.638. The Kier molecular flexibility index (Phi) is 9.64. The Morgan fingerprint density at radius 3 is 2.39 bits per heavy atom. The van der Waals surface area contributed by atoms with E-state index < -0.39 is 23.8 Å². The maximum Gasteiger partial charge on any atom is 0.337 e. The number of nitrogens with zero attached hydrogens (tertiary/aromatic N) is 1. The third-order valence-corrected chi connectivity index (χ3v) is 5.91. The number of benzene rings is 2. The summed E-state index contributed by atoms with van der Waals surface area (Å²) in [6.07, 6.45) is 8.06. The summed E-state index contributed by atoms with van der Waals surface area (Å²) in [5.74, 6) is -1.71. The molecule has 0 spiro atoms. The molecule has 1 fully saturated rings. The normalized spacial score (nSPS) is 14.7. The number of urea groups is 1. The largest absolute Gasteiger partial charge is 0.493 e. The highest BCUT2D eigenvalue weighted by Gasteiger charge is 2.37. The van der Waals surface area contributed by atoms with E-state index in [1.807, 2.05) is 0 Å². The van der Waals surface area contributed by atoms with Gasteiger partial charge in [0, 0.05) is 10.6 Å². The lowest BCUT2D eigenvalue weighted by Gasteiger charge is -2.26. The molecule has 1 saturated heterocycles. The van der Waals surface area contributed by atoms with Crippen molar-refractivity contribution in [1.29, 1.82) is 0 Å². The van der Waals surface area contributed by atoms with Crippen molar-refractivity contribution in [3.05, 3.63) is 64.2 Å². The van der Waals surface area contributed by atoms with Gasteiger partial charge in [0.1, 0.15) is 11.3 Å². The van der Waals surface area contributed by atoms with E-state index in [1.54, 1.807) is 18.2 Å². The molecular weight excluding hydrogens is 484 g/mol. The molecule has 2 aromatic rings. The van der Waals surface area contributed by atoms with Crippen LogP contribution in [0.15, 0.2) is 48.0 Å². The topological polar surface area (TPSA) is 102 Å². The number of unbranched alkanes of at least 4 members (excludes halogenated alkanes) is 5. The molecule has 0 saturated carbocycles. The van der Waals surface area contributed by atoms with Gasteiger partial charge >= 0.3 is 12.0 Å². The number of hydrogen-bond acceptors (Lipinski definition) is 6. The summed E-state index contributed by atoms with van der Waals surface area (Å²) in [6.45, 7) is 2.66. The van der Waals surface area contributed by atoms with Gasteiger partial charge in [-0.25, -0.2) is 14.5 Å². The van der Waals surface area contributed by atoms with Crippen LogP contribution in [-0.2, 0) is 14.3 Å². The van der Waals surface area contributed by atoms with Crippen molar-refractivity contribution in [2.45, 2.75) is 45.4 Å². The zero-order valence-corrected chi connectivity index (χ0v) is 21.1. The molecule has 1 aliphatic heterocycles. The fourth-order valence-corrected chi connectivity index (χ4v) is 3.92. The molecule has 1 aliphatic rings. The molecule has 0 aromatic heterocycles. The minimum atomic E-state index is -0.890. The number of nitrogens with one attached hydrogen (secondary N) is 1. The average molecular weight is 513 g/mol. The number of barbiturate groups is 1. The molecule has 1 N–H and O–H groups in total. The van der Waals surface area contributed by atoms with Gasteiger partial charge in [0.15, 0.2) is 0 Å². The second-order valence-electron chi connectivity index (χ2n) is 8.29. The number of carbonyl (C=O) groups excluding carboxylic acids is 4. The number of hydrogen-bond donors (Lipinski definition) is 1. The van der Waals surface area contributed by atoms with Crippen molar-refractivity contribution in [3.63, 3.8) is 0 Å².